The van der Waals surface area contributed by atoms with Crippen LogP contribution in [0.15, 0.2) is 29.8 Å². The van der Waals surface area contributed by atoms with Crippen LogP contribution in [0.5, 0.6) is 0 Å². The summed E-state index contributed by atoms with van der Waals surface area (Å²) in [6, 6.07) is 6.00. The van der Waals surface area contributed by atoms with Crippen molar-refractivity contribution in [3.8, 4) is 10.4 Å². The minimum Gasteiger partial charge on any atom is -0.461 e. The summed E-state index contributed by atoms with van der Waals surface area (Å²) >= 11 is 1.57. The Morgan fingerprint density at radius 3 is 2.27 bits per heavy atom. The third-order valence-corrected chi connectivity index (χ3v) is 7.36. The summed E-state index contributed by atoms with van der Waals surface area (Å²) in [5, 5.41) is 5.61. The van der Waals surface area contributed by atoms with Crippen molar-refractivity contribution in [3.63, 3.8) is 0 Å². The van der Waals surface area contributed by atoms with Crippen molar-refractivity contribution < 1.29 is 28.7 Å². The molecule has 1 aromatic heterocycles. The molecule has 1 aliphatic rings. The number of thiazole rings is 1. The molecule has 218 valence electrons. The van der Waals surface area contributed by atoms with Crippen LogP contribution in [0, 0.1) is 12.3 Å². The Morgan fingerprint density at radius 1 is 1.10 bits per heavy atom. The summed E-state index contributed by atoms with van der Waals surface area (Å²) < 4.78 is 10.8. The van der Waals surface area contributed by atoms with Gasteiger partial charge in [-0.1, -0.05) is 45.0 Å². The first-order valence-corrected chi connectivity index (χ1v) is 14.2. The van der Waals surface area contributed by atoms with Gasteiger partial charge in [-0.2, -0.15) is 0 Å². The van der Waals surface area contributed by atoms with E-state index < -0.39 is 47.2 Å². The molecule has 3 rings (SSSR count). The quantitative estimate of drug-likeness (QED) is 0.476. The number of likely N-dealkylation sites (tertiary alicyclic amines) is 1. The highest BCUT2D eigenvalue weighted by Gasteiger charge is 2.46. The standard InChI is InChI=1S/C29H40N4O6S/c1-17-23(40-16-31-17)20-11-9-19(10-12-20)14-30-25(35)22-13-21(38-18(2)34)15-33(22)26(36)24(28(3,4)5)32-27(37)39-29(6,7)8/h9-12,16,21-22,24H,13-15H2,1-8H3,(H,30,35)(H,32,37)/t21?,22-,24+/m0/s1. The molecule has 2 aromatic rings. The molecule has 0 radical (unpaired) electrons. The zero-order valence-electron chi connectivity index (χ0n) is 24.5. The highest BCUT2D eigenvalue weighted by atomic mass is 32.1. The second-order valence-electron chi connectivity index (χ2n) is 12.1. The van der Waals surface area contributed by atoms with E-state index in [0.29, 0.717) is 0 Å². The molecule has 2 heterocycles. The van der Waals surface area contributed by atoms with E-state index in [1.165, 1.54) is 11.8 Å². The van der Waals surface area contributed by atoms with Crippen LogP contribution < -0.4 is 10.6 Å². The van der Waals surface area contributed by atoms with E-state index in [1.807, 2.05) is 57.5 Å². The van der Waals surface area contributed by atoms with Crippen molar-refractivity contribution in [2.75, 3.05) is 6.54 Å². The average molecular weight is 573 g/mol. The lowest BCUT2D eigenvalue weighted by atomic mass is 9.85. The molecule has 0 bridgehead atoms. The molecule has 1 aliphatic heterocycles. The highest BCUT2D eigenvalue weighted by Crippen LogP contribution is 2.29. The van der Waals surface area contributed by atoms with Crippen molar-refractivity contribution in [1.29, 1.82) is 0 Å². The fourth-order valence-electron chi connectivity index (χ4n) is 4.51. The van der Waals surface area contributed by atoms with Crippen LogP contribution >= 0.6 is 11.3 Å². The van der Waals surface area contributed by atoms with E-state index in [1.54, 1.807) is 32.1 Å². The fourth-order valence-corrected chi connectivity index (χ4v) is 5.32. The molecule has 10 nitrogen and oxygen atoms in total. The van der Waals surface area contributed by atoms with E-state index in [0.717, 1.165) is 21.7 Å². The molecule has 3 atom stereocenters. The molecule has 3 amide bonds. The molecule has 0 spiro atoms. The Hall–Kier alpha value is -3.47. The van der Waals surface area contributed by atoms with Crippen LogP contribution in [-0.2, 0) is 30.4 Å². The molecular weight excluding hydrogens is 532 g/mol. The maximum Gasteiger partial charge on any atom is 0.408 e. The molecule has 40 heavy (non-hydrogen) atoms. The molecule has 0 aliphatic carbocycles. The van der Waals surface area contributed by atoms with Crippen molar-refractivity contribution in [2.45, 2.75) is 92.1 Å². The van der Waals surface area contributed by atoms with Gasteiger partial charge in [-0.05, 0) is 44.2 Å². The van der Waals surface area contributed by atoms with Gasteiger partial charge in [0.25, 0.3) is 0 Å². The summed E-state index contributed by atoms with van der Waals surface area (Å²) in [7, 11) is 0. The molecule has 11 heteroatoms. The minimum absolute atomic E-state index is 0.0436. The van der Waals surface area contributed by atoms with Gasteiger partial charge in [-0.3, -0.25) is 14.4 Å². The molecule has 1 saturated heterocycles. The molecule has 2 N–H and O–H groups in total. The van der Waals surface area contributed by atoms with Crippen LogP contribution in [0.25, 0.3) is 10.4 Å². The third kappa shape index (κ3) is 8.27. The number of alkyl carbamates (subject to hydrolysis) is 1. The van der Waals surface area contributed by atoms with Gasteiger partial charge in [0.2, 0.25) is 11.8 Å². The van der Waals surface area contributed by atoms with Gasteiger partial charge >= 0.3 is 12.1 Å². The largest absolute Gasteiger partial charge is 0.461 e. The number of aromatic nitrogens is 1. The molecule has 1 fully saturated rings. The van der Waals surface area contributed by atoms with Crippen molar-refractivity contribution >= 4 is 35.2 Å². The second kappa shape index (κ2) is 12.4. The average Bonchev–Trinajstić information content (AvgIpc) is 3.45. The number of hydrogen-bond acceptors (Lipinski definition) is 8. The highest BCUT2D eigenvalue weighted by molar-refractivity contribution is 7.13. The van der Waals surface area contributed by atoms with Crippen LogP contribution in [-0.4, -0.2) is 64.1 Å². The van der Waals surface area contributed by atoms with Crippen LogP contribution in [0.4, 0.5) is 4.79 Å². The number of carbonyl (C=O) groups excluding carboxylic acids is 4. The summed E-state index contributed by atoms with van der Waals surface area (Å²) in [6.07, 6.45) is -1.21. The van der Waals surface area contributed by atoms with Gasteiger partial charge in [0.1, 0.15) is 23.8 Å². The first-order chi connectivity index (χ1) is 18.5. The van der Waals surface area contributed by atoms with E-state index in [4.69, 9.17) is 9.47 Å². The number of benzene rings is 1. The number of esters is 1. The monoisotopic (exact) mass is 572 g/mol. The number of rotatable bonds is 7. The lowest BCUT2D eigenvalue weighted by Gasteiger charge is -2.35. The third-order valence-electron chi connectivity index (χ3n) is 6.38. The maximum atomic E-state index is 13.8. The normalized spacial score (nSPS) is 18.1. The van der Waals surface area contributed by atoms with Crippen molar-refractivity contribution in [1.82, 2.24) is 20.5 Å². The summed E-state index contributed by atoms with van der Waals surface area (Å²) in [5.41, 5.74) is 3.29. The SMILES string of the molecule is CC(=O)OC1C[C@@H](C(=O)NCc2ccc(-c3scnc3C)cc2)N(C(=O)[C@@H](NC(=O)OC(C)(C)C)C(C)(C)C)C1. The van der Waals surface area contributed by atoms with Gasteiger partial charge in [0.15, 0.2) is 0 Å². The number of nitrogens with one attached hydrogen (secondary N) is 2. The number of ether oxygens (including phenoxy) is 2. The van der Waals surface area contributed by atoms with E-state index in [2.05, 4.69) is 15.6 Å². The summed E-state index contributed by atoms with van der Waals surface area (Å²) in [6.45, 7) is 14.2. The minimum atomic E-state index is -0.975. The topological polar surface area (TPSA) is 127 Å². The van der Waals surface area contributed by atoms with Gasteiger partial charge < -0.3 is 25.0 Å². The predicted octanol–water partition coefficient (Wildman–Crippen LogP) is 4.21. The van der Waals surface area contributed by atoms with Crippen molar-refractivity contribution in [2.24, 2.45) is 5.41 Å². The van der Waals surface area contributed by atoms with Gasteiger partial charge in [-0.15, -0.1) is 11.3 Å². The number of carbonyl (C=O) groups is 4. The molecule has 0 saturated carbocycles. The molecular formula is C29H40N4O6S. The van der Waals surface area contributed by atoms with E-state index in [-0.39, 0.29) is 25.4 Å². The Kier molecular flexibility index (Phi) is 9.60. The van der Waals surface area contributed by atoms with Crippen LogP contribution in [0.2, 0.25) is 0 Å². The molecule has 1 aromatic carbocycles. The Labute approximate surface area is 239 Å². The number of hydrogen-bond donors (Lipinski definition) is 2. The van der Waals surface area contributed by atoms with Gasteiger partial charge in [0.05, 0.1) is 22.6 Å². The maximum absolute atomic E-state index is 13.8. The zero-order valence-corrected chi connectivity index (χ0v) is 25.3. The Balaban J connectivity index is 1.75. The van der Waals surface area contributed by atoms with Crippen LogP contribution in [0.3, 0.4) is 0 Å². The first-order valence-electron chi connectivity index (χ1n) is 13.3. The van der Waals surface area contributed by atoms with E-state index in [9.17, 15) is 19.2 Å². The Morgan fingerprint density at radius 2 is 1.75 bits per heavy atom. The van der Waals surface area contributed by atoms with Gasteiger partial charge in [-0.25, -0.2) is 9.78 Å². The van der Waals surface area contributed by atoms with E-state index >= 15 is 0 Å². The second-order valence-corrected chi connectivity index (χ2v) is 13.0. The number of aryl methyl sites for hydroxylation is 1. The lowest BCUT2D eigenvalue weighted by Crippen LogP contribution is -2.58. The summed E-state index contributed by atoms with van der Waals surface area (Å²) in [4.78, 5) is 58.2. The van der Waals surface area contributed by atoms with Gasteiger partial charge in [0, 0.05) is 19.9 Å². The Bertz CT molecular complexity index is 1230. The predicted molar refractivity (Wildman–Crippen MR) is 152 cm³/mol. The molecule has 1 unspecified atom stereocenters. The first kappa shape index (κ1) is 31.1. The fraction of sp³-hybridized carbons (Fsp3) is 0.552. The number of nitrogens with zero attached hydrogens (tertiary/aromatic N) is 2. The van der Waals surface area contributed by atoms with Crippen molar-refractivity contribution in [3.05, 3.63) is 41.0 Å². The lowest BCUT2D eigenvalue weighted by molar-refractivity contribution is -0.147. The number of amides is 3. The van der Waals surface area contributed by atoms with Crippen LogP contribution in [0.1, 0.15) is 66.1 Å². The zero-order chi connectivity index (χ0) is 29.8. The summed E-state index contributed by atoms with van der Waals surface area (Å²) in [5.74, 6) is -1.30. The smallest absolute Gasteiger partial charge is 0.408 e.